The standard InChI is InChI=1S/C14H18O6/c1-4-20-14(17)10(13(15)16)7-9-5-6-11(18-2)12(8-9)19-3/h5-6,8,10H,4,7H2,1-3H3,(H,15,16). The first-order valence-corrected chi connectivity index (χ1v) is 6.13. The average molecular weight is 282 g/mol. The maximum absolute atomic E-state index is 11.6. The van der Waals surface area contributed by atoms with Gasteiger partial charge in [-0.3, -0.25) is 9.59 Å². The van der Waals surface area contributed by atoms with Crippen molar-refractivity contribution in [2.24, 2.45) is 5.92 Å². The summed E-state index contributed by atoms with van der Waals surface area (Å²) >= 11 is 0. The fourth-order valence-corrected chi connectivity index (χ4v) is 1.76. The number of carbonyl (C=O) groups is 2. The molecule has 1 rings (SSSR count). The molecule has 20 heavy (non-hydrogen) atoms. The summed E-state index contributed by atoms with van der Waals surface area (Å²) in [5.41, 5.74) is 0.656. The summed E-state index contributed by atoms with van der Waals surface area (Å²) in [7, 11) is 3.00. The Balaban J connectivity index is 2.94. The Morgan fingerprint density at radius 2 is 1.85 bits per heavy atom. The summed E-state index contributed by atoms with van der Waals surface area (Å²) in [6.45, 7) is 1.78. The molecule has 110 valence electrons. The van der Waals surface area contributed by atoms with Crippen LogP contribution in [0, 0.1) is 5.92 Å². The van der Waals surface area contributed by atoms with Crippen molar-refractivity contribution in [1.29, 1.82) is 0 Å². The van der Waals surface area contributed by atoms with E-state index in [2.05, 4.69) is 0 Å². The molecule has 0 heterocycles. The zero-order valence-corrected chi connectivity index (χ0v) is 11.7. The number of esters is 1. The van der Waals surface area contributed by atoms with Crippen LogP contribution in [0.15, 0.2) is 18.2 Å². The van der Waals surface area contributed by atoms with E-state index in [1.165, 1.54) is 14.2 Å². The van der Waals surface area contributed by atoms with Crippen LogP contribution in [-0.2, 0) is 20.7 Å². The van der Waals surface area contributed by atoms with E-state index in [0.717, 1.165) is 0 Å². The number of carbonyl (C=O) groups excluding carboxylic acids is 1. The minimum atomic E-state index is -1.23. The molecule has 0 amide bonds. The fourth-order valence-electron chi connectivity index (χ4n) is 1.76. The molecule has 0 saturated heterocycles. The lowest BCUT2D eigenvalue weighted by Crippen LogP contribution is -2.28. The summed E-state index contributed by atoms with van der Waals surface area (Å²) in [4.78, 5) is 22.7. The molecule has 0 saturated carbocycles. The molecule has 1 N–H and O–H groups in total. The van der Waals surface area contributed by atoms with Gasteiger partial charge in [-0.25, -0.2) is 0 Å². The second kappa shape index (κ2) is 7.37. The monoisotopic (exact) mass is 282 g/mol. The number of rotatable bonds is 7. The second-order valence-electron chi connectivity index (χ2n) is 4.04. The van der Waals surface area contributed by atoms with Gasteiger partial charge in [-0.05, 0) is 31.0 Å². The smallest absolute Gasteiger partial charge is 0.320 e. The SMILES string of the molecule is CCOC(=O)C(Cc1ccc(OC)c(OC)c1)C(=O)O. The zero-order chi connectivity index (χ0) is 15.1. The Bertz CT molecular complexity index is 483. The quantitative estimate of drug-likeness (QED) is 0.603. The van der Waals surface area contributed by atoms with Gasteiger partial charge < -0.3 is 19.3 Å². The van der Waals surface area contributed by atoms with E-state index in [4.69, 9.17) is 19.3 Å². The van der Waals surface area contributed by atoms with Gasteiger partial charge in [0.25, 0.3) is 0 Å². The lowest BCUT2D eigenvalue weighted by Gasteiger charge is -2.13. The molecule has 1 aromatic carbocycles. The van der Waals surface area contributed by atoms with Crippen molar-refractivity contribution >= 4 is 11.9 Å². The van der Waals surface area contributed by atoms with Crippen molar-refractivity contribution in [2.45, 2.75) is 13.3 Å². The molecule has 1 atom stereocenters. The predicted molar refractivity (Wildman–Crippen MR) is 71.0 cm³/mol. The second-order valence-corrected chi connectivity index (χ2v) is 4.04. The largest absolute Gasteiger partial charge is 0.493 e. The van der Waals surface area contributed by atoms with Gasteiger partial charge in [0.2, 0.25) is 0 Å². The highest BCUT2D eigenvalue weighted by molar-refractivity contribution is 5.94. The molecule has 1 aromatic rings. The van der Waals surface area contributed by atoms with Crippen LogP contribution >= 0.6 is 0 Å². The van der Waals surface area contributed by atoms with E-state index in [-0.39, 0.29) is 13.0 Å². The van der Waals surface area contributed by atoms with Crippen LogP contribution < -0.4 is 9.47 Å². The molecule has 6 heteroatoms. The van der Waals surface area contributed by atoms with E-state index in [9.17, 15) is 9.59 Å². The Kier molecular flexibility index (Phi) is 5.83. The number of ether oxygens (including phenoxy) is 3. The molecule has 0 fully saturated rings. The number of carboxylic acids is 1. The summed E-state index contributed by atoms with van der Waals surface area (Å²) in [6.07, 6.45) is 0.0362. The Morgan fingerprint density at radius 3 is 2.35 bits per heavy atom. The highest BCUT2D eigenvalue weighted by Gasteiger charge is 2.28. The third kappa shape index (κ3) is 3.88. The van der Waals surface area contributed by atoms with Crippen LogP contribution in [0.25, 0.3) is 0 Å². The number of carboxylic acid groups (broad SMARTS) is 1. The van der Waals surface area contributed by atoms with Gasteiger partial charge in [0.15, 0.2) is 17.4 Å². The van der Waals surface area contributed by atoms with Gasteiger partial charge in [-0.2, -0.15) is 0 Å². The van der Waals surface area contributed by atoms with Crippen molar-refractivity contribution in [3.05, 3.63) is 23.8 Å². The highest BCUT2D eigenvalue weighted by atomic mass is 16.5. The third-order valence-corrected chi connectivity index (χ3v) is 2.76. The lowest BCUT2D eigenvalue weighted by atomic mass is 9.99. The first kappa shape index (κ1) is 15.8. The fraction of sp³-hybridized carbons (Fsp3) is 0.429. The van der Waals surface area contributed by atoms with E-state index in [0.29, 0.717) is 17.1 Å². The normalized spacial score (nSPS) is 11.6. The molecule has 0 aliphatic carbocycles. The molecular formula is C14H18O6. The number of methoxy groups -OCH3 is 2. The number of aliphatic carboxylic acids is 1. The summed E-state index contributed by atoms with van der Waals surface area (Å²) in [5, 5.41) is 9.10. The van der Waals surface area contributed by atoms with Crippen molar-refractivity contribution < 1.29 is 28.9 Å². The molecule has 0 spiro atoms. The van der Waals surface area contributed by atoms with Gasteiger partial charge in [-0.15, -0.1) is 0 Å². The number of benzene rings is 1. The van der Waals surface area contributed by atoms with Gasteiger partial charge >= 0.3 is 11.9 Å². The Labute approximate surface area is 117 Å². The molecule has 0 aliphatic rings. The van der Waals surface area contributed by atoms with Crippen LogP contribution in [0.5, 0.6) is 11.5 Å². The van der Waals surface area contributed by atoms with Crippen molar-refractivity contribution in [3.8, 4) is 11.5 Å². The van der Waals surface area contributed by atoms with Crippen molar-refractivity contribution in [3.63, 3.8) is 0 Å². The zero-order valence-electron chi connectivity index (χ0n) is 11.7. The van der Waals surface area contributed by atoms with Crippen LogP contribution in [-0.4, -0.2) is 37.9 Å². The molecule has 0 aliphatic heterocycles. The Hall–Kier alpha value is -2.24. The van der Waals surface area contributed by atoms with Crippen LogP contribution in [0.1, 0.15) is 12.5 Å². The van der Waals surface area contributed by atoms with E-state index >= 15 is 0 Å². The van der Waals surface area contributed by atoms with Gasteiger partial charge in [0.05, 0.1) is 20.8 Å². The number of hydrogen-bond donors (Lipinski definition) is 1. The average Bonchev–Trinajstić information content (AvgIpc) is 2.44. The molecule has 6 nitrogen and oxygen atoms in total. The lowest BCUT2D eigenvalue weighted by molar-refractivity contribution is -0.158. The third-order valence-electron chi connectivity index (χ3n) is 2.76. The number of hydrogen-bond acceptors (Lipinski definition) is 5. The summed E-state index contributed by atoms with van der Waals surface area (Å²) in [6, 6.07) is 5.00. The van der Waals surface area contributed by atoms with Gasteiger partial charge in [-0.1, -0.05) is 6.07 Å². The minimum Gasteiger partial charge on any atom is -0.493 e. The first-order valence-electron chi connectivity index (χ1n) is 6.13. The maximum Gasteiger partial charge on any atom is 0.320 e. The summed E-state index contributed by atoms with van der Waals surface area (Å²) < 4.78 is 15.0. The van der Waals surface area contributed by atoms with E-state index in [1.54, 1.807) is 25.1 Å². The molecule has 0 bridgehead atoms. The molecule has 1 unspecified atom stereocenters. The summed E-state index contributed by atoms with van der Waals surface area (Å²) in [5.74, 6) is -2.15. The highest BCUT2D eigenvalue weighted by Crippen LogP contribution is 2.28. The predicted octanol–water partition coefficient (Wildman–Crippen LogP) is 1.51. The molecular weight excluding hydrogens is 264 g/mol. The van der Waals surface area contributed by atoms with Crippen LogP contribution in [0.4, 0.5) is 0 Å². The van der Waals surface area contributed by atoms with Crippen molar-refractivity contribution in [2.75, 3.05) is 20.8 Å². The van der Waals surface area contributed by atoms with Crippen LogP contribution in [0.3, 0.4) is 0 Å². The molecule has 0 radical (unpaired) electrons. The van der Waals surface area contributed by atoms with E-state index < -0.39 is 17.9 Å². The Morgan fingerprint density at radius 1 is 1.20 bits per heavy atom. The molecule has 0 aromatic heterocycles. The first-order chi connectivity index (χ1) is 9.53. The topological polar surface area (TPSA) is 82.1 Å². The van der Waals surface area contributed by atoms with E-state index in [1.807, 2.05) is 0 Å². The van der Waals surface area contributed by atoms with Gasteiger partial charge in [0.1, 0.15) is 0 Å². The van der Waals surface area contributed by atoms with Crippen LogP contribution in [0.2, 0.25) is 0 Å². The maximum atomic E-state index is 11.6. The minimum absolute atomic E-state index is 0.0362. The van der Waals surface area contributed by atoms with Gasteiger partial charge in [0, 0.05) is 0 Å². The van der Waals surface area contributed by atoms with Crippen molar-refractivity contribution in [1.82, 2.24) is 0 Å².